The topological polar surface area (TPSA) is 62.7 Å². The van der Waals surface area contributed by atoms with Gasteiger partial charge in [0.25, 0.3) is 11.8 Å². The molecule has 1 fully saturated rings. The number of hydrogen-bond acceptors (Lipinski definition) is 4. The average molecular weight is 381 g/mol. The van der Waals surface area contributed by atoms with E-state index in [1.807, 2.05) is 12.1 Å². The minimum absolute atomic E-state index is 0.0552. The van der Waals surface area contributed by atoms with Crippen molar-refractivity contribution in [2.24, 2.45) is 0 Å². The van der Waals surface area contributed by atoms with Crippen molar-refractivity contribution in [2.75, 3.05) is 19.6 Å². The number of carbonyl (C=O) groups is 2. The van der Waals surface area contributed by atoms with Crippen LogP contribution in [0.4, 0.5) is 4.39 Å². The molecule has 2 aliphatic rings. The van der Waals surface area contributed by atoms with E-state index in [0.29, 0.717) is 30.8 Å². The fourth-order valence-electron chi connectivity index (χ4n) is 3.61. The van der Waals surface area contributed by atoms with Crippen molar-refractivity contribution in [3.63, 3.8) is 0 Å². The molecule has 4 rings (SSSR count). The third kappa shape index (κ3) is 3.35. The SMILES string of the molecule is C=C1c2ccccc2C(=O)N1CC(=O)N1CCCC(Oc2ncccc2F)C1. The van der Waals surface area contributed by atoms with E-state index < -0.39 is 5.82 Å². The highest BCUT2D eigenvalue weighted by molar-refractivity contribution is 6.10. The zero-order valence-electron chi connectivity index (χ0n) is 15.3. The summed E-state index contributed by atoms with van der Waals surface area (Å²) < 4.78 is 19.4. The zero-order chi connectivity index (χ0) is 19.7. The summed E-state index contributed by atoms with van der Waals surface area (Å²) in [6.45, 7) is 4.80. The number of pyridine rings is 1. The van der Waals surface area contributed by atoms with Crippen molar-refractivity contribution in [1.29, 1.82) is 0 Å². The lowest BCUT2D eigenvalue weighted by Crippen LogP contribution is -2.48. The smallest absolute Gasteiger partial charge is 0.259 e. The van der Waals surface area contributed by atoms with E-state index >= 15 is 0 Å². The van der Waals surface area contributed by atoms with E-state index in [0.717, 1.165) is 12.0 Å². The van der Waals surface area contributed by atoms with Gasteiger partial charge in [-0.3, -0.25) is 14.5 Å². The van der Waals surface area contributed by atoms with Gasteiger partial charge < -0.3 is 9.64 Å². The number of likely N-dealkylation sites (tertiary alicyclic amines) is 1. The molecule has 0 radical (unpaired) electrons. The van der Waals surface area contributed by atoms with Crippen LogP contribution in [0.2, 0.25) is 0 Å². The summed E-state index contributed by atoms with van der Waals surface area (Å²) in [6, 6.07) is 9.98. The van der Waals surface area contributed by atoms with E-state index in [-0.39, 0.29) is 30.3 Å². The lowest BCUT2D eigenvalue weighted by molar-refractivity contribution is -0.134. The summed E-state index contributed by atoms with van der Waals surface area (Å²) in [6.07, 6.45) is 2.57. The van der Waals surface area contributed by atoms with Gasteiger partial charge in [-0.25, -0.2) is 9.37 Å². The second-order valence-corrected chi connectivity index (χ2v) is 6.90. The number of aromatic nitrogens is 1. The lowest BCUT2D eigenvalue weighted by Gasteiger charge is -2.33. The van der Waals surface area contributed by atoms with Crippen molar-refractivity contribution in [3.05, 3.63) is 66.1 Å². The maximum atomic E-state index is 13.8. The minimum atomic E-state index is -0.525. The van der Waals surface area contributed by atoms with Crippen molar-refractivity contribution < 1.29 is 18.7 Å². The molecule has 1 aromatic heterocycles. The maximum absolute atomic E-state index is 13.8. The van der Waals surface area contributed by atoms with E-state index in [1.54, 1.807) is 17.0 Å². The molecule has 2 amide bonds. The molecule has 0 bridgehead atoms. The van der Waals surface area contributed by atoms with Gasteiger partial charge in [0.2, 0.25) is 5.91 Å². The first-order chi connectivity index (χ1) is 13.5. The number of carbonyl (C=O) groups excluding carboxylic acids is 2. The maximum Gasteiger partial charge on any atom is 0.259 e. The number of nitrogens with zero attached hydrogens (tertiary/aromatic N) is 3. The van der Waals surface area contributed by atoms with Crippen molar-refractivity contribution in [3.8, 4) is 5.88 Å². The fourth-order valence-corrected chi connectivity index (χ4v) is 3.61. The number of amides is 2. The fraction of sp³-hybridized carbons (Fsp3) is 0.286. The van der Waals surface area contributed by atoms with Gasteiger partial charge in [0.1, 0.15) is 12.6 Å². The molecule has 28 heavy (non-hydrogen) atoms. The average Bonchev–Trinajstić information content (AvgIpc) is 2.95. The predicted octanol–water partition coefficient (Wildman–Crippen LogP) is 2.72. The van der Waals surface area contributed by atoms with Gasteiger partial charge in [0.05, 0.1) is 6.54 Å². The number of halogens is 1. The summed E-state index contributed by atoms with van der Waals surface area (Å²) >= 11 is 0. The molecule has 2 aromatic rings. The number of piperidine rings is 1. The highest BCUT2D eigenvalue weighted by Gasteiger charge is 2.34. The van der Waals surface area contributed by atoms with Crippen LogP contribution in [0.3, 0.4) is 0 Å². The molecule has 0 saturated carbocycles. The van der Waals surface area contributed by atoms with Crippen LogP contribution in [-0.4, -0.2) is 52.3 Å². The lowest BCUT2D eigenvalue weighted by atomic mass is 10.1. The summed E-state index contributed by atoms with van der Waals surface area (Å²) in [4.78, 5) is 32.4. The third-order valence-electron chi connectivity index (χ3n) is 5.07. The largest absolute Gasteiger partial charge is 0.470 e. The molecule has 0 spiro atoms. The van der Waals surface area contributed by atoms with Crippen LogP contribution in [0, 0.1) is 5.82 Å². The van der Waals surface area contributed by atoms with Gasteiger partial charge in [0.15, 0.2) is 5.82 Å². The summed E-state index contributed by atoms with van der Waals surface area (Å²) in [5.41, 5.74) is 1.85. The van der Waals surface area contributed by atoms with E-state index in [2.05, 4.69) is 11.6 Å². The van der Waals surface area contributed by atoms with Crippen molar-refractivity contribution in [1.82, 2.24) is 14.8 Å². The molecule has 7 heteroatoms. The molecule has 3 heterocycles. The molecule has 144 valence electrons. The van der Waals surface area contributed by atoms with E-state index in [9.17, 15) is 14.0 Å². The molecule has 1 unspecified atom stereocenters. The standard InChI is InChI=1S/C21H20FN3O3/c1-14-16-7-2-3-8-17(16)21(27)25(14)13-19(26)24-11-5-6-15(12-24)28-20-18(22)9-4-10-23-20/h2-4,7-10,15H,1,5-6,11-13H2. The Morgan fingerprint density at radius 3 is 2.79 bits per heavy atom. The second kappa shape index (κ2) is 7.42. The van der Waals surface area contributed by atoms with Crippen LogP contribution in [0.25, 0.3) is 5.70 Å². The zero-order valence-corrected chi connectivity index (χ0v) is 15.3. The van der Waals surface area contributed by atoms with Gasteiger partial charge in [-0.2, -0.15) is 0 Å². The molecule has 0 aliphatic carbocycles. The van der Waals surface area contributed by atoms with Crippen LogP contribution in [0.5, 0.6) is 5.88 Å². The second-order valence-electron chi connectivity index (χ2n) is 6.90. The first-order valence-electron chi connectivity index (χ1n) is 9.19. The molecular weight excluding hydrogens is 361 g/mol. The normalized spacial score (nSPS) is 19.0. The molecule has 0 N–H and O–H groups in total. The van der Waals surface area contributed by atoms with Gasteiger partial charge in [-0.05, 0) is 31.0 Å². The molecule has 1 aromatic carbocycles. The molecular formula is C21H20FN3O3. The Morgan fingerprint density at radius 1 is 1.25 bits per heavy atom. The van der Waals surface area contributed by atoms with Crippen LogP contribution in [-0.2, 0) is 4.79 Å². The van der Waals surface area contributed by atoms with E-state index in [4.69, 9.17) is 4.74 Å². The quantitative estimate of drug-likeness (QED) is 0.817. The molecule has 1 atom stereocenters. The Hall–Kier alpha value is -3.22. The summed E-state index contributed by atoms with van der Waals surface area (Å²) in [7, 11) is 0. The predicted molar refractivity (Wildman–Crippen MR) is 101 cm³/mol. The van der Waals surface area contributed by atoms with Crippen LogP contribution in [0.15, 0.2) is 49.2 Å². The van der Waals surface area contributed by atoms with Gasteiger partial charge in [0, 0.05) is 29.6 Å². The monoisotopic (exact) mass is 381 g/mol. The number of fused-ring (bicyclic) bond motifs is 1. The Kier molecular flexibility index (Phi) is 4.81. The highest BCUT2D eigenvalue weighted by Crippen LogP contribution is 2.31. The number of benzene rings is 1. The Morgan fingerprint density at radius 2 is 2.04 bits per heavy atom. The van der Waals surface area contributed by atoms with Crippen molar-refractivity contribution in [2.45, 2.75) is 18.9 Å². The Balaban J connectivity index is 1.41. The molecule has 2 aliphatic heterocycles. The first-order valence-corrected chi connectivity index (χ1v) is 9.19. The Bertz CT molecular complexity index is 911. The van der Waals surface area contributed by atoms with E-state index in [1.165, 1.54) is 23.2 Å². The molecule has 6 nitrogen and oxygen atoms in total. The van der Waals surface area contributed by atoms with Gasteiger partial charge in [-0.1, -0.05) is 24.8 Å². The summed E-state index contributed by atoms with van der Waals surface area (Å²) in [5, 5.41) is 0. The van der Waals surface area contributed by atoms with Crippen LogP contribution >= 0.6 is 0 Å². The third-order valence-corrected chi connectivity index (χ3v) is 5.07. The van der Waals surface area contributed by atoms with Crippen LogP contribution < -0.4 is 4.74 Å². The number of ether oxygens (including phenoxy) is 1. The molecule has 1 saturated heterocycles. The minimum Gasteiger partial charge on any atom is -0.470 e. The highest BCUT2D eigenvalue weighted by atomic mass is 19.1. The first kappa shape index (κ1) is 18.2. The number of hydrogen-bond donors (Lipinski definition) is 0. The summed E-state index contributed by atoms with van der Waals surface area (Å²) in [5.74, 6) is -0.977. The van der Waals surface area contributed by atoms with Gasteiger partial charge in [-0.15, -0.1) is 0 Å². The van der Waals surface area contributed by atoms with Crippen LogP contribution in [0.1, 0.15) is 28.8 Å². The van der Waals surface area contributed by atoms with Gasteiger partial charge >= 0.3 is 0 Å². The Labute approximate surface area is 162 Å². The van der Waals surface area contributed by atoms with Crippen molar-refractivity contribution >= 4 is 17.5 Å². The number of rotatable bonds is 4.